The summed E-state index contributed by atoms with van der Waals surface area (Å²) in [5.41, 5.74) is 14.5. The van der Waals surface area contributed by atoms with E-state index in [4.69, 9.17) is 15.2 Å². The van der Waals surface area contributed by atoms with Gasteiger partial charge in [-0.25, -0.2) is 0 Å². The van der Waals surface area contributed by atoms with E-state index < -0.39 is 30.4 Å². The molecule has 20 atom stereocenters. The molecule has 0 aromatic rings. The number of rotatable bonds is 4. The van der Waals surface area contributed by atoms with E-state index in [-0.39, 0.29) is 83.1 Å². The fraction of sp³-hybridized carbons (Fsp3) is 0.820. The number of aliphatic hydroxyl groups excluding tert-OH is 2. The molecule has 4 saturated heterocycles. The first-order valence-electron chi connectivity index (χ1n) is 29.4. The molecule has 4 saturated carbocycles. The number of ketones is 1. The van der Waals surface area contributed by atoms with Crippen LogP contribution in [0.25, 0.3) is 0 Å². The molecule has 2 amide bonds. The number of carbonyl (C=O) groups is 3. The van der Waals surface area contributed by atoms with E-state index in [2.05, 4.69) is 72.4 Å². The molecule has 2 spiro atoms. The van der Waals surface area contributed by atoms with E-state index in [0.717, 1.165) is 95.9 Å². The van der Waals surface area contributed by atoms with Gasteiger partial charge >= 0.3 is 6.18 Å². The second kappa shape index (κ2) is 18.9. The summed E-state index contributed by atoms with van der Waals surface area (Å²) in [6.07, 6.45) is 14.7. The van der Waals surface area contributed by atoms with Gasteiger partial charge in [0.2, 0.25) is 17.6 Å². The number of alkyl halides is 3. The van der Waals surface area contributed by atoms with Crippen LogP contribution in [0.5, 0.6) is 0 Å². The zero-order valence-corrected chi connectivity index (χ0v) is 45.8. The second-order valence-electron chi connectivity index (χ2n) is 27.1. The van der Waals surface area contributed by atoms with Gasteiger partial charge in [0.1, 0.15) is 0 Å². The Morgan fingerprint density at radius 2 is 1.09 bits per heavy atom. The summed E-state index contributed by atoms with van der Waals surface area (Å²) in [6, 6.07) is -0.0419. The number of likely N-dealkylation sites (tertiary alicyclic amines) is 2. The minimum absolute atomic E-state index is 0.0254. The van der Waals surface area contributed by atoms with Crippen LogP contribution in [0.15, 0.2) is 45.6 Å². The average Bonchev–Trinajstić information content (AvgIpc) is 4.09. The average molecular weight is 1030 g/mol. The predicted octanol–water partition coefficient (Wildman–Crippen LogP) is 10.4. The molecule has 13 heteroatoms. The third kappa shape index (κ3) is 8.18. The van der Waals surface area contributed by atoms with Crippen LogP contribution in [0.3, 0.4) is 0 Å². The smallest absolute Gasteiger partial charge is 0.393 e. The molecule has 0 radical (unpaired) electrons. The number of aliphatic hydroxyl groups is 2. The van der Waals surface area contributed by atoms with Gasteiger partial charge < -0.3 is 35.2 Å². The Kier molecular flexibility index (Phi) is 13.6. The normalized spacial score (nSPS) is 47.1. The van der Waals surface area contributed by atoms with Crippen molar-refractivity contribution < 1.29 is 47.2 Å². The van der Waals surface area contributed by atoms with E-state index in [0.29, 0.717) is 48.0 Å². The first-order chi connectivity index (χ1) is 34.9. The number of hydrogen-bond donors (Lipinski definition) is 3. The van der Waals surface area contributed by atoms with E-state index in [9.17, 15) is 37.8 Å². The molecule has 10 nitrogen and oxygen atoms in total. The van der Waals surface area contributed by atoms with Crippen LogP contribution in [0, 0.1) is 70.0 Å². The molecule has 74 heavy (non-hydrogen) atoms. The lowest BCUT2D eigenvalue weighted by Crippen LogP contribution is -2.55. The predicted molar refractivity (Wildman–Crippen MR) is 277 cm³/mol. The molecular weight excluding hydrogens is 944 g/mol. The third-order valence-corrected chi connectivity index (χ3v) is 23.7. The standard InChI is InChI=1S/C32H44F3NO4.C29H44N2O3/c1-17-13-26-29(36(16-17)28(39)8-7-27(38)32(33,34)35)19(3)31(40-26)12-10-22-23-6-5-20-14-21(37)9-11-30(20,4)25(23)15-24(22)18(31)2;1-16-11-25-27(31(15-16)26(33)14-30)18(3)29(34-25)10-8-21-22-6-5-19-12-20(32)7-9-28(19,4)24(22)13-23(21)17(29)2/h5,17,19,21-23,25-26,29,37H,6-16H2,1-4H3;5,16,18,20-22,24-25,27,32H,6-15,30H2,1-4H3/t17-,19+,21-,22-,23-,25-,26+,29-,30-,31-;16-,18+,20-,21-,22-,24-,25+,27-,28-,29-/m00/s1. The van der Waals surface area contributed by atoms with Crippen molar-refractivity contribution in [2.24, 2.45) is 75.7 Å². The fourth-order valence-corrected chi connectivity index (χ4v) is 19.8. The number of nitrogens with two attached hydrogens (primary N) is 1. The number of Topliss-reactive ketones (excluding diaryl/α,β-unsaturated/α-hetero) is 1. The molecule has 0 unspecified atom stereocenters. The van der Waals surface area contributed by atoms with Crippen molar-refractivity contribution in [2.45, 2.75) is 225 Å². The van der Waals surface area contributed by atoms with Gasteiger partial charge in [-0.05, 0) is 186 Å². The third-order valence-electron chi connectivity index (χ3n) is 23.7. The Labute approximate surface area is 438 Å². The Balaban J connectivity index is 0.000000161. The summed E-state index contributed by atoms with van der Waals surface area (Å²) >= 11 is 0. The zero-order valence-electron chi connectivity index (χ0n) is 45.8. The number of ether oxygens (including phenoxy) is 2. The van der Waals surface area contributed by atoms with Gasteiger partial charge in [-0.1, -0.05) is 76.0 Å². The summed E-state index contributed by atoms with van der Waals surface area (Å²) in [5, 5.41) is 20.7. The maximum absolute atomic E-state index is 13.3. The Morgan fingerprint density at radius 3 is 1.51 bits per heavy atom. The van der Waals surface area contributed by atoms with Crippen molar-refractivity contribution in [2.75, 3.05) is 19.6 Å². The van der Waals surface area contributed by atoms with Crippen LogP contribution in [-0.4, -0.2) is 111 Å². The van der Waals surface area contributed by atoms with Crippen molar-refractivity contribution in [3.63, 3.8) is 0 Å². The molecule has 12 rings (SSSR count). The highest BCUT2D eigenvalue weighted by Crippen LogP contribution is 2.67. The SMILES string of the molecule is CC1=C2C[C@H]3[C@@H](CC=C4C[C@@H](O)CC[C@@]43C)[C@@H]2CC[C@]12O[C@@H]1C[C@H](C)CN(C(=O)CCC(=O)C(F)(F)F)[C@H]1[C@H]2C.CC1=C2C[C@H]3[C@@H](CC=C4C[C@@H](O)CC[C@@]43C)[C@@H]2CC[C@]12O[C@@H]1C[C@H](C)CN(C(=O)CN)[C@H]1[C@H]2C. The zero-order chi connectivity index (χ0) is 52.8. The molecule has 8 aliphatic carbocycles. The van der Waals surface area contributed by atoms with Gasteiger partial charge in [0, 0.05) is 37.8 Å². The number of hydrogen-bond acceptors (Lipinski definition) is 8. The van der Waals surface area contributed by atoms with Crippen molar-refractivity contribution in [3.8, 4) is 0 Å². The molecule has 12 aliphatic rings. The van der Waals surface area contributed by atoms with Crippen LogP contribution >= 0.6 is 0 Å². The Bertz CT molecular complexity index is 2410. The molecule has 8 fully saturated rings. The highest BCUT2D eigenvalue weighted by Gasteiger charge is 2.64. The van der Waals surface area contributed by atoms with Crippen LogP contribution < -0.4 is 5.73 Å². The highest BCUT2D eigenvalue weighted by atomic mass is 19.4. The minimum Gasteiger partial charge on any atom is -0.393 e. The van der Waals surface area contributed by atoms with E-state index in [1.165, 1.54) is 47.1 Å². The summed E-state index contributed by atoms with van der Waals surface area (Å²) in [4.78, 5) is 41.4. The molecule has 4 heterocycles. The number of carbonyl (C=O) groups excluding carboxylic acids is 3. The molecule has 0 aromatic heterocycles. The molecule has 410 valence electrons. The maximum Gasteiger partial charge on any atom is 0.449 e. The molecular formula is C61H88F3N3O7. The van der Waals surface area contributed by atoms with E-state index >= 15 is 0 Å². The number of amides is 2. The van der Waals surface area contributed by atoms with Crippen LogP contribution in [-0.2, 0) is 23.9 Å². The van der Waals surface area contributed by atoms with Gasteiger partial charge in [-0.15, -0.1) is 0 Å². The largest absolute Gasteiger partial charge is 0.449 e. The van der Waals surface area contributed by atoms with Crippen molar-refractivity contribution in [1.82, 2.24) is 9.80 Å². The summed E-state index contributed by atoms with van der Waals surface area (Å²) in [5.74, 6) is 2.66. The van der Waals surface area contributed by atoms with Gasteiger partial charge in [-0.2, -0.15) is 13.2 Å². The quantitative estimate of drug-likeness (QED) is 0.236. The number of nitrogens with zero attached hydrogens (tertiary/aromatic N) is 2. The van der Waals surface area contributed by atoms with Crippen LogP contribution in [0.2, 0.25) is 0 Å². The summed E-state index contributed by atoms with van der Waals surface area (Å²) < 4.78 is 52.5. The molecule has 0 aromatic carbocycles. The fourth-order valence-electron chi connectivity index (χ4n) is 19.8. The van der Waals surface area contributed by atoms with Crippen LogP contribution in [0.1, 0.15) is 171 Å². The van der Waals surface area contributed by atoms with Gasteiger partial charge in [0.25, 0.3) is 0 Å². The maximum atomic E-state index is 13.3. The summed E-state index contributed by atoms with van der Waals surface area (Å²) in [7, 11) is 0. The lowest BCUT2D eigenvalue weighted by Gasteiger charge is -2.49. The lowest BCUT2D eigenvalue weighted by molar-refractivity contribution is -0.171. The topological polar surface area (TPSA) is 143 Å². The Hall–Kier alpha value is -2.84. The van der Waals surface area contributed by atoms with E-state index in [1.807, 2.05) is 0 Å². The number of fused-ring (bicyclic) bond motifs is 12. The number of piperidine rings is 2. The molecule has 0 bridgehead atoms. The van der Waals surface area contributed by atoms with Gasteiger partial charge in [0.15, 0.2) is 0 Å². The van der Waals surface area contributed by atoms with E-state index in [1.54, 1.807) is 10.5 Å². The van der Waals surface area contributed by atoms with Crippen molar-refractivity contribution >= 4 is 17.6 Å². The van der Waals surface area contributed by atoms with Crippen molar-refractivity contribution in [1.29, 1.82) is 0 Å². The van der Waals surface area contributed by atoms with Crippen LogP contribution in [0.4, 0.5) is 13.2 Å². The first kappa shape index (κ1) is 53.2. The van der Waals surface area contributed by atoms with Gasteiger partial charge in [0.05, 0.1) is 54.2 Å². The first-order valence-corrected chi connectivity index (χ1v) is 29.4. The summed E-state index contributed by atoms with van der Waals surface area (Å²) in [6.45, 7) is 19.7. The number of allylic oxidation sites excluding steroid dienone is 4. The number of halogens is 3. The Morgan fingerprint density at radius 1 is 0.662 bits per heavy atom. The second-order valence-corrected chi connectivity index (χ2v) is 27.1. The highest BCUT2D eigenvalue weighted by molar-refractivity contribution is 5.88. The lowest BCUT2D eigenvalue weighted by atomic mass is 9.56. The van der Waals surface area contributed by atoms with Crippen molar-refractivity contribution in [3.05, 3.63) is 45.6 Å². The minimum atomic E-state index is -4.91. The molecule has 4 N–H and O–H groups in total. The monoisotopic (exact) mass is 1030 g/mol. The molecule has 4 aliphatic heterocycles. The van der Waals surface area contributed by atoms with Gasteiger partial charge in [-0.3, -0.25) is 14.4 Å².